The van der Waals surface area contributed by atoms with Gasteiger partial charge >= 0.3 is 0 Å². The van der Waals surface area contributed by atoms with Crippen molar-refractivity contribution in [2.75, 3.05) is 13.2 Å². The van der Waals surface area contributed by atoms with Crippen molar-refractivity contribution in [3.05, 3.63) is 34.9 Å². The molecule has 0 aromatic heterocycles. The Labute approximate surface area is 86.0 Å². The second-order valence-corrected chi connectivity index (χ2v) is 3.71. The number of aliphatic hydroxyl groups excluding tert-OH is 1. The smallest absolute Gasteiger partial charge is 0.0626 e. The predicted octanol–water partition coefficient (Wildman–Crippen LogP) is 1.95. The maximum Gasteiger partial charge on any atom is 0.0626 e. The van der Waals surface area contributed by atoms with Gasteiger partial charge in [-0.15, -0.1) is 0 Å². The van der Waals surface area contributed by atoms with Gasteiger partial charge in [0, 0.05) is 0 Å². The SMILES string of the molecule is CCNC(CO)c1cc(C)cc(C)c1. The maximum atomic E-state index is 9.23. The monoisotopic (exact) mass is 193 g/mol. The Morgan fingerprint density at radius 2 is 1.79 bits per heavy atom. The van der Waals surface area contributed by atoms with Crippen LogP contribution >= 0.6 is 0 Å². The number of aryl methyl sites for hydroxylation is 2. The van der Waals surface area contributed by atoms with E-state index in [9.17, 15) is 5.11 Å². The second-order valence-electron chi connectivity index (χ2n) is 3.71. The average Bonchev–Trinajstić information content (AvgIpc) is 2.12. The Hall–Kier alpha value is -0.860. The predicted molar refractivity (Wildman–Crippen MR) is 59.4 cm³/mol. The van der Waals surface area contributed by atoms with E-state index in [4.69, 9.17) is 0 Å². The quantitative estimate of drug-likeness (QED) is 0.766. The average molecular weight is 193 g/mol. The number of nitrogens with one attached hydrogen (secondary N) is 1. The van der Waals surface area contributed by atoms with E-state index in [1.807, 2.05) is 6.92 Å². The van der Waals surface area contributed by atoms with Crippen LogP contribution in [-0.4, -0.2) is 18.3 Å². The molecule has 0 fully saturated rings. The molecule has 0 aliphatic rings. The molecule has 1 aromatic rings. The summed E-state index contributed by atoms with van der Waals surface area (Å²) in [5, 5.41) is 12.5. The minimum absolute atomic E-state index is 0.0681. The summed E-state index contributed by atoms with van der Waals surface area (Å²) in [7, 11) is 0. The highest BCUT2D eigenvalue weighted by atomic mass is 16.3. The van der Waals surface area contributed by atoms with Crippen LogP contribution in [0.1, 0.15) is 29.7 Å². The molecular weight excluding hydrogens is 174 g/mol. The normalized spacial score (nSPS) is 12.9. The molecule has 1 unspecified atom stereocenters. The van der Waals surface area contributed by atoms with Crippen molar-refractivity contribution < 1.29 is 5.11 Å². The summed E-state index contributed by atoms with van der Waals surface area (Å²) < 4.78 is 0. The van der Waals surface area contributed by atoms with E-state index in [2.05, 4.69) is 37.4 Å². The molecule has 1 atom stereocenters. The molecular formula is C12H19NO. The molecule has 0 amide bonds. The van der Waals surface area contributed by atoms with Gasteiger partial charge in [0.15, 0.2) is 0 Å². The van der Waals surface area contributed by atoms with Gasteiger partial charge in [-0.1, -0.05) is 36.2 Å². The van der Waals surface area contributed by atoms with E-state index in [0.29, 0.717) is 0 Å². The van der Waals surface area contributed by atoms with Crippen LogP contribution in [0.15, 0.2) is 18.2 Å². The molecule has 2 heteroatoms. The van der Waals surface area contributed by atoms with Crippen LogP contribution in [0, 0.1) is 13.8 Å². The Bertz CT molecular complexity index is 276. The minimum Gasteiger partial charge on any atom is -0.394 e. The molecule has 0 saturated heterocycles. The summed E-state index contributed by atoms with van der Waals surface area (Å²) >= 11 is 0. The van der Waals surface area contributed by atoms with Gasteiger partial charge in [-0.3, -0.25) is 0 Å². The van der Waals surface area contributed by atoms with Crippen molar-refractivity contribution in [1.29, 1.82) is 0 Å². The fourth-order valence-electron chi connectivity index (χ4n) is 1.75. The maximum absolute atomic E-state index is 9.23. The first-order chi connectivity index (χ1) is 6.67. The molecule has 0 aliphatic heterocycles. The zero-order valence-corrected chi connectivity index (χ0v) is 9.17. The molecule has 0 spiro atoms. The van der Waals surface area contributed by atoms with Crippen molar-refractivity contribution in [3.63, 3.8) is 0 Å². The summed E-state index contributed by atoms with van der Waals surface area (Å²) in [5.41, 5.74) is 3.67. The number of aliphatic hydroxyl groups is 1. The molecule has 2 nitrogen and oxygen atoms in total. The van der Waals surface area contributed by atoms with Gasteiger partial charge in [0.2, 0.25) is 0 Å². The second kappa shape index (κ2) is 5.13. The lowest BCUT2D eigenvalue weighted by Gasteiger charge is -2.16. The molecule has 2 N–H and O–H groups in total. The third-order valence-corrected chi connectivity index (χ3v) is 2.28. The molecule has 0 aliphatic carbocycles. The third kappa shape index (κ3) is 2.82. The highest BCUT2D eigenvalue weighted by molar-refractivity contribution is 5.30. The molecule has 0 radical (unpaired) electrons. The molecule has 0 saturated carbocycles. The van der Waals surface area contributed by atoms with Gasteiger partial charge in [0.1, 0.15) is 0 Å². The lowest BCUT2D eigenvalue weighted by atomic mass is 10.0. The van der Waals surface area contributed by atoms with Crippen molar-refractivity contribution in [2.24, 2.45) is 0 Å². The van der Waals surface area contributed by atoms with E-state index >= 15 is 0 Å². The highest BCUT2D eigenvalue weighted by Crippen LogP contribution is 2.16. The Morgan fingerprint density at radius 1 is 1.21 bits per heavy atom. The summed E-state index contributed by atoms with van der Waals surface area (Å²) in [5.74, 6) is 0. The highest BCUT2D eigenvalue weighted by Gasteiger charge is 2.08. The van der Waals surface area contributed by atoms with Gasteiger partial charge in [-0.25, -0.2) is 0 Å². The molecule has 14 heavy (non-hydrogen) atoms. The van der Waals surface area contributed by atoms with Crippen LogP contribution in [0.3, 0.4) is 0 Å². The van der Waals surface area contributed by atoms with Crippen molar-refractivity contribution in [2.45, 2.75) is 26.8 Å². The largest absolute Gasteiger partial charge is 0.394 e. The zero-order valence-electron chi connectivity index (χ0n) is 9.17. The third-order valence-electron chi connectivity index (χ3n) is 2.28. The standard InChI is InChI=1S/C12H19NO/c1-4-13-12(8-14)11-6-9(2)5-10(3)7-11/h5-7,12-14H,4,8H2,1-3H3. The van der Waals surface area contributed by atoms with Crippen LogP contribution in [0.25, 0.3) is 0 Å². The minimum atomic E-state index is 0.0681. The first-order valence-electron chi connectivity index (χ1n) is 5.09. The lowest BCUT2D eigenvalue weighted by molar-refractivity contribution is 0.246. The lowest BCUT2D eigenvalue weighted by Crippen LogP contribution is -2.24. The fraction of sp³-hybridized carbons (Fsp3) is 0.500. The summed E-state index contributed by atoms with van der Waals surface area (Å²) in [4.78, 5) is 0. The first-order valence-corrected chi connectivity index (χ1v) is 5.09. The summed E-state index contributed by atoms with van der Waals surface area (Å²) in [6.45, 7) is 7.23. The van der Waals surface area contributed by atoms with E-state index in [-0.39, 0.29) is 12.6 Å². The summed E-state index contributed by atoms with van der Waals surface area (Å²) in [6, 6.07) is 6.45. The van der Waals surface area contributed by atoms with E-state index in [1.165, 1.54) is 16.7 Å². The van der Waals surface area contributed by atoms with Crippen LogP contribution in [0.4, 0.5) is 0 Å². The number of benzene rings is 1. The zero-order chi connectivity index (χ0) is 10.6. The number of hydrogen-bond acceptors (Lipinski definition) is 2. The Balaban J connectivity index is 2.91. The number of likely N-dealkylation sites (N-methyl/N-ethyl adjacent to an activating group) is 1. The van der Waals surface area contributed by atoms with Crippen LogP contribution in [-0.2, 0) is 0 Å². The fourth-order valence-corrected chi connectivity index (χ4v) is 1.75. The van der Waals surface area contributed by atoms with Gasteiger partial charge in [-0.05, 0) is 26.0 Å². The van der Waals surface area contributed by atoms with Crippen molar-refractivity contribution in [3.8, 4) is 0 Å². The van der Waals surface area contributed by atoms with Crippen molar-refractivity contribution in [1.82, 2.24) is 5.32 Å². The topological polar surface area (TPSA) is 32.3 Å². The number of rotatable bonds is 4. The number of hydrogen-bond donors (Lipinski definition) is 2. The molecule has 1 rings (SSSR count). The van der Waals surface area contributed by atoms with Crippen LogP contribution in [0.2, 0.25) is 0 Å². The van der Waals surface area contributed by atoms with Gasteiger partial charge in [-0.2, -0.15) is 0 Å². The molecule has 0 bridgehead atoms. The van der Waals surface area contributed by atoms with E-state index < -0.39 is 0 Å². The van der Waals surface area contributed by atoms with Crippen LogP contribution < -0.4 is 5.32 Å². The van der Waals surface area contributed by atoms with Gasteiger partial charge in [0.05, 0.1) is 12.6 Å². The summed E-state index contributed by atoms with van der Waals surface area (Å²) in [6.07, 6.45) is 0. The Morgan fingerprint density at radius 3 is 2.21 bits per heavy atom. The molecule has 0 heterocycles. The van der Waals surface area contributed by atoms with E-state index in [1.54, 1.807) is 0 Å². The molecule has 78 valence electrons. The molecule has 1 aromatic carbocycles. The Kier molecular flexibility index (Phi) is 4.11. The van der Waals surface area contributed by atoms with Crippen molar-refractivity contribution >= 4 is 0 Å². The van der Waals surface area contributed by atoms with Gasteiger partial charge < -0.3 is 10.4 Å². The van der Waals surface area contributed by atoms with E-state index in [0.717, 1.165) is 6.54 Å². The van der Waals surface area contributed by atoms with Gasteiger partial charge in [0.25, 0.3) is 0 Å². The van der Waals surface area contributed by atoms with Crippen LogP contribution in [0.5, 0.6) is 0 Å². The first kappa shape index (κ1) is 11.2.